The van der Waals surface area contributed by atoms with Gasteiger partial charge in [-0.3, -0.25) is 23.2 Å². The minimum absolute atomic E-state index is 0.227. The average Bonchev–Trinajstić information content (AvgIpc) is 3.32. The Labute approximate surface area is 191 Å². The van der Waals surface area contributed by atoms with Crippen molar-refractivity contribution in [3.63, 3.8) is 0 Å². The maximum absolute atomic E-state index is 13.6. The molecule has 0 radical (unpaired) electrons. The molecular weight excluding hydrogens is 420 g/mol. The SMILES string of the molecule is Cc1ccc(Cn2c(=O)c3c(nc4n(CCN5CCOCC5)c(C)c(C)n34)n(C)c2=O)cc1. The van der Waals surface area contributed by atoms with E-state index in [0.717, 1.165) is 61.9 Å². The van der Waals surface area contributed by atoms with Crippen molar-refractivity contribution in [1.29, 1.82) is 0 Å². The number of rotatable bonds is 5. The second kappa shape index (κ2) is 8.31. The zero-order valence-corrected chi connectivity index (χ0v) is 19.7. The highest BCUT2D eigenvalue weighted by Gasteiger charge is 2.23. The summed E-state index contributed by atoms with van der Waals surface area (Å²) in [6.07, 6.45) is 0. The molecule has 0 aliphatic carbocycles. The third-order valence-corrected chi connectivity index (χ3v) is 6.83. The van der Waals surface area contributed by atoms with Crippen molar-refractivity contribution in [1.82, 2.24) is 28.0 Å². The molecule has 9 heteroatoms. The number of imidazole rings is 2. The van der Waals surface area contributed by atoms with Crippen LogP contribution in [0.15, 0.2) is 33.9 Å². The van der Waals surface area contributed by atoms with E-state index in [2.05, 4.69) is 16.4 Å². The summed E-state index contributed by atoms with van der Waals surface area (Å²) in [6.45, 7) is 11.3. The monoisotopic (exact) mass is 450 g/mol. The molecule has 1 aromatic carbocycles. The van der Waals surface area contributed by atoms with Gasteiger partial charge in [0.25, 0.3) is 5.56 Å². The summed E-state index contributed by atoms with van der Waals surface area (Å²) in [5.41, 5.74) is 4.29. The van der Waals surface area contributed by atoms with Gasteiger partial charge >= 0.3 is 5.69 Å². The summed E-state index contributed by atoms with van der Waals surface area (Å²) in [5.74, 6) is 0.702. The molecule has 33 heavy (non-hydrogen) atoms. The van der Waals surface area contributed by atoms with Crippen molar-refractivity contribution in [2.45, 2.75) is 33.9 Å². The molecular formula is C24H30N6O3. The van der Waals surface area contributed by atoms with Crippen molar-refractivity contribution < 1.29 is 4.74 Å². The second-order valence-electron chi connectivity index (χ2n) is 8.91. The van der Waals surface area contributed by atoms with Gasteiger partial charge in [-0.1, -0.05) is 29.8 Å². The molecule has 0 atom stereocenters. The molecule has 0 N–H and O–H groups in total. The van der Waals surface area contributed by atoms with Crippen molar-refractivity contribution in [2.24, 2.45) is 7.05 Å². The Morgan fingerprint density at radius 1 is 0.939 bits per heavy atom. The summed E-state index contributed by atoms with van der Waals surface area (Å²) in [6, 6.07) is 7.88. The number of hydrogen-bond donors (Lipinski definition) is 0. The Morgan fingerprint density at radius 3 is 2.33 bits per heavy atom. The summed E-state index contributed by atoms with van der Waals surface area (Å²) >= 11 is 0. The van der Waals surface area contributed by atoms with Crippen molar-refractivity contribution in [3.8, 4) is 0 Å². The van der Waals surface area contributed by atoms with Gasteiger partial charge in [0, 0.05) is 44.6 Å². The van der Waals surface area contributed by atoms with Gasteiger partial charge in [0.2, 0.25) is 5.78 Å². The minimum Gasteiger partial charge on any atom is -0.379 e. The number of fused-ring (bicyclic) bond motifs is 3. The van der Waals surface area contributed by atoms with E-state index in [9.17, 15) is 9.59 Å². The highest BCUT2D eigenvalue weighted by molar-refractivity contribution is 5.76. The van der Waals surface area contributed by atoms with E-state index in [1.54, 1.807) is 7.05 Å². The van der Waals surface area contributed by atoms with Crippen LogP contribution in [0, 0.1) is 20.8 Å². The predicted molar refractivity (Wildman–Crippen MR) is 127 cm³/mol. The number of benzene rings is 1. The Morgan fingerprint density at radius 2 is 1.64 bits per heavy atom. The molecule has 0 bridgehead atoms. The molecule has 1 saturated heterocycles. The fourth-order valence-corrected chi connectivity index (χ4v) is 4.66. The smallest absolute Gasteiger partial charge is 0.332 e. The molecule has 1 aliphatic heterocycles. The summed E-state index contributed by atoms with van der Waals surface area (Å²) in [4.78, 5) is 33.8. The molecule has 1 fully saturated rings. The van der Waals surface area contributed by atoms with Gasteiger partial charge in [-0.15, -0.1) is 0 Å². The molecule has 174 valence electrons. The number of aryl methyl sites for hydroxylation is 3. The molecule has 4 heterocycles. The maximum Gasteiger partial charge on any atom is 0.332 e. The number of hydrogen-bond acceptors (Lipinski definition) is 5. The van der Waals surface area contributed by atoms with Crippen LogP contribution in [-0.4, -0.2) is 60.8 Å². The van der Waals surface area contributed by atoms with Crippen LogP contribution in [0.5, 0.6) is 0 Å². The Kier molecular flexibility index (Phi) is 5.46. The largest absolute Gasteiger partial charge is 0.379 e. The molecule has 9 nitrogen and oxygen atoms in total. The van der Waals surface area contributed by atoms with Crippen molar-refractivity contribution in [2.75, 3.05) is 32.8 Å². The van der Waals surface area contributed by atoms with E-state index in [-0.39, 0.29) is 17.8 Å². The van der Waals surface area contributed by atoms with Gasteiger partial charge in [-0.25, -0.2) is 4.79 Å². The Bertz CT molecular complexity index is 1450. The topological polar surface area (TPSA) is 78.7 Å². The number of ether oxygens (including phenoxy) is 1. The summed E-state index contributed by atoms with van der Waals surface area (Å²) < 4.78 is 12.3. The zero-order valence-electron chi connectivity index (χ0n) is 19.7. The lowest BCUT2D eigenvalue weighted by Gasteiger charge is -2.26. The van der Waals surface area contributed by atoms with E-state index in [0.29, 0.717) is 16.9 Å². The number of morpholine rings is 1. The molecule has 4 aromatic rings. The van der Waals surface area contributed by atoms with Gasteiger partial charge in [0.05, 0.1) is 19.8 Å². The Hall–Kier alpha value is -3.17. The number of nitrogens with zero attached hydrogens (tertiary/aromatic N) is 6. The summed E-state index contributed by atoms with van der Waals surface area (Å²) in [7, 11) is 1.68. The average molecular weight is 451 g/mol. The number of aromatic nitrogens is 5. The van der Waals surface area contributed by atoms with Crippen LogP contribution in [0.1, 0.15) is 22.5 Å². The van der Waals surface area contributed by atoms with Gasteiger partial charge in [0.15, 0.2) is 11.2 Å². The van der Waals surface area contributed by atoms with E-state index < -0.39 is 0 Å². The van der Waals surface area contributed by atoms with E-state index >= 15 is 0 Å². The molecule has 5 rings (SSSR count). The van der Waals surface area contributed by atoms with Crippen molar-refractivity contribution in [3.05, 3.63) is 67.6 Å². The third kappa shape index (κ3) is 3.61. The summed E-state index contributed by atoms with van der Waals surface area (Å²) in [5, 5.41) is 0. The quantitative estimate of drug-likeness (QED) is 0.460. The van der Waals surface area contributed by atoms with Crippen LogP contribution in [0.3, 0.4) is 0 Å². The van der Waals surface area contributed by atoms with Crippen LogP contribution in [-0.2, 0) is 24.9 Å². The molecule has 0 spiro atoms. The fraction of sp³-hybridized carbons (Fsp3) is 0.458. The molecule has 0 amide bonds. The zero-order chi connectivity index (χ0) is 23.3. The van der Waals surface area contributed by atoms with Crippen LogP contribution in [0.4, 0.5) is 0 Å². The van der Waals surface area contributed by atoms with E-state index in [1.807, 2.05) is 42.5 Å². The lowest BCUT2D eigenvalue weighted by molar-refractivity contribution is 0.0364. The predicted octanol–water partition coefficient (Wildman–Crippen LogP) is 1.46. The van der Waals surface area contributed by atoms with Crippen LogP contribution in [0.2, 0.25) is 0 Å². The van der Waals surface area contributed by atoms with E-state index in [1.165, 1.54) is 9.13 Å². The third-order valence-electron chi connectivity index (χ3n) is 6.83. The van der Waals surface area contributed by atoms with Crippen LogP contribution < -0.4 is 11.2 Å². The van der Waals surface area contributed by atoms with Gasteiger partial charge in [0.1, 0.15) is 0 Å². The standard InChI is InChI=1S/C24H30N6O3/c1-16-5-7-19(8-6-16)15-29-22(31)20-21(26(4)24(29)32)25-23-28(17(2)18(3)30(20)23)10-9-27-11-13-33-14-12-27/h5-8H,9-15H2,1-4H3. The maximum atomic E-state index is 13.6. The first kappa shape index (κ1) is 21.7. The minimum atomic E-state index is -0.358. The molecule has 0 saturated carbocycles. The molecule has 1 aliphatic rings. The normalized spacial score (nSPS) is 15.2. The van der Waals surface area contributed by atoms with Crippen LogP contribution >= 0.6 is 0 Å². The first-order chi connectivity index (χ1) is 15.9. The first-order valence-corrected chi connectivity index (χ1v) is 11.4. The van der Waals surface area contributed by atoms with Crippen molar-refractivity contribution >= 4 is 16.9 Å². The highest BCUT2D eigenvalue weighted by Crippen LogP contribution is 2.21. The van der Waals surface area contributed by atoms with E-state index in [4.69, 9.17) is 9.72 Å². The van der Waals surface area contributed by atoms with Gasteiger partial charge in [-0.05, 0) is 26.3 Å². The first-order valence-electron chi connectivity index (χ1n) is 11.4. The Balaban J connectivity index is 1.63. The highest BCUT2D eigenvalue weighted by atomic mass is 16.5. The molecule has 0 unspecified atom stereocenters. The lowest BCUT2D eigenvalue weighted by Crippen LogP contribution is -2.39. The molecule has 3 aromatic heterocycles. The van der Waals surface area contributed by atoms with Gasteiger partial charge < -0.3 is 9.30 Å². The van der Waals surface area contributed by atoms with Gasteiger partial charge in [-0.2, -0.15) is 4.98 Å². The van der Waals surface area contributed by atoms with Crippen LogP contribution in [0.25, 0.3) is 16.9 Å². The lowest BCUT2D eigenvalue weighted by atomic mass is 10.1. The fourth-order valence-electron chi connectivity index (χ4n) is 4.66. The second-order valence-corrected chi connectivity index (χ2v) is 8.91.